The van der Waals surface area contributed by atoms with E-state index in [0.29, 0.717) is 12.0 Å². The predicted octanol–water partition coefficient (Wildman–Crippen LogP) is 3.92. The molecule has 2 N–H and O–H groups in total. The van der Waals surface area contributed by atoms with Crippen LogP contribution in [-0.4, -0.2) is 17.6 Å². The fourth-order valence-corrected chi connectivity index (χ4v) is 3.73. The lowest BCUT2D eigenvalue weighted by Gasteiger charge is -2.17. The first-order chi connectivity index (χ1) is 11.5. The van der Waals surface area contributed by atoms with Gasteiger partial charge in [0, 0.05) is 22.6 Å². The van der Waals surface area contributed by atoms with Crippen LogP contribution in [0.2, 0.25) is 0 Å². The molecule has 0 fully saturated rings. The highest BCUT2D eigenvalue weighted by atomic mass is 32.2. The van der Waals surface area contributed by atoms with E-state index in [-0.39, 0.29) is 17.9 Å². The molecule has 0 aromatic heterocycles. The van der Waals surface area contributed by atoms with Crippen LogP contribution in [0.15, 0.2) is 47.4 Å². The number of carbonyl (C=O) groups excluding carboxylic acids is 2. The van der Waals surface area contributed by atoms with Crippen molar-refractivity contribution in [3.63, 3.8) is 0 Å². The molecule has 2 amide bonds. The molecular formula is C19H20N2O2S. The quantitative estimate of drug-likeness (QED) is 0.890. The van der Waals surface area contributed by atoms with Gasteiger partial charge in [-0.3, -0.25) is 9.59 Å². The summed E-state index contributed by atoms with van der Waals surface area (Å²) in [6.07, 6.45) is 0.491. The van der Waals surface area contributed by atoms with Gasteiger partial charge in [0.25, 0.3) is 5.91 Å². The third kappa shape index (κ3) is 3.62. The minimum absolute atomic E-state index is 0.00733. The van der Waals surface area contributed by atoms with Gasteiger partial charge in [-0.2, -0.15) is 0 Å². The van der Waals surface area contributed by atoms with Crippen molar-refractivity contribution in [2.45, 2.75) is 31.2 Å². The number of amides is 2. The summed E-state index contributed by atoms with van der Waals surface area (Å²) in [5, 5.41) is 5.90. The average Bonchev–Trinajstić information content (AvgIpc) is 2.74. The minimum Gasteiger partial charge on any atom is -0.346 e. The van der Waals surface area contributed by atoms with Gasteiger partial charge in [0.2, 0.25) is 5.91 Å². The molecule has 124 valence electrons. The Bertz CT molecular complexity index is 789. The number of hydrogen-bond donors (Lipinski definition) is 2. The van der Waals surface area contributed by atoms with E-state index in [1.807, 2.05) is 50.2 Å². The lowest BCUT2D eigenvalue weighted by atomic mass is 10.0. The Hall–Kier alpha value is -2.27. The van der Waals surface area contributed by atoms with Gasteiger partial charge in [0.15, 0.2) is 0 Å². The number of fused-ring (bicyclic) bond motifs is 1. The lowest BCUT2D eigenvalue weighted by molar-refractivity contribution is -0.115. The third-order valence-electron chi connectivity index (χ3n) is 4.11. The maximum absolute atomic E-state index is 12.6. The fraction of sp³-hybridized carbons (Fsp3) is 0.263. The number of nitrogens with one attached hydrogen (secondary N) is 2. The molecule has 1 aliphatic heterocycles. The number of aryl methyl sites for hydroxylation is 1. The van der Waals surface area contributed by atoms with Crippen LogP contribution < -0.4 is 10.6 Å². The van der Waals surface area contributed by atoms with Crippen LogP contribution in [0.3, 0.4) is 0 Å². The summed E-state index contributed by atoms with van der Waals surface area (Å²) in [4.78, 5) is 25.3. The van der Waals surface area contributed by atoms with E-state index >= 15 is 0 Å². The molecule has 3 rings (SSSR count). The SMILES string of the molecule is Cc1ccccc1[C@H](C)NC(=O)c1ccc2c(c1)NC(=O)CCS2. The number of anilines is 1. The topological polar surface area (TPSA) is 58.2 Å². The molecule has 0 radical (unpaired) electrons. The molecule has 4 nitrogen and oxygen atoms in total. The van der Waals surface area contributed by atoms with Gasteiger partial charge in [0.1, 0.15) is 0 Å². The second-order valence-corrected chi connectivity index (χ2v) is 7.05. The van der Waals surface area contributed by atoms with Crippen molar-refractivity contribution in [2.75, 3.05) is 11.1 Å². The Kier molecular flexibility index (Phi) is 4.90. The molecular weight excluding hydrogens is 320 g/mol. The van der Waals surface area contributed by atoms with E-state index in [9.17, 15) is 9.59 Å². The zero-order chi connectivity index (χ0) is 17.1. The molecule has 24 heavy (non-hydrogen) atoms. The standard InChI is InChI=1S/C19H20N2O2S/c1-12-5-3-4-6-15(12)13(2)20-19(23)14-7-8-17-16(11-14)21-18(22)9-10-24-17/h3-8,11,13H,9-10H2,1-2H3,(H,20,23)(H,21,22)/t13-/m0/s1. The highest BCUT2D eigenvalue weighted by Gasteiger charge is 2.17. The minimum atomic E-state index is -0.142. The summed E-state index contributed by atoms with van der Waals surface area (Å²) >= 11 is 1.63. The van der Waals surface area contributed by atoms with Gasteiger partial charge in [-0.1, -0.05) is 24.3 Å². The largest absolute Gasteiger partial charge is 0.346 e. The van der Waals surface area contributed by atoms with Gasteiger partial charge < -0.3 is 10.6 Å². The van der Waals surface area contributed by atoms with Crippen LogP contribution in [-0.2, 0) is 4.79 Å². The first-order valence-corrected chi connectivity index (χ1v) is 8.96. The summed E-state index contributed by atoms with van der Waals surface area (Å²) in [6.45, 7) is 4.01. The summed E-state index contributed by atoms with van der Waals surface area (Å²) in [6, 6.07) is 13.4. The van der Waals surface area contributed by atoms with Crippen LogP contribution in [0.4, 0.5) is 5.69 Å². The van der Waals surface area contributed by atoms with E-state index in [2.05, 4.69) is 10.6 Å². The number of benzene rings is 2. The Labute approximate surface area is 146 Å². The predicted molar refractivity (Wildman–Crippen MR) is 97.5 cm³/mol. The maximum Gasteiger partial charge on any atom is 0.251 e. The molecule has 0 bridgehead atoms. The third-order valence-corrected chi connectivity index (χ3v) is 5.18. The number of carbonyl (C=O) groups is 2. The van der Waals surface area contributed by atoms with Crippen LogP contribution in [0, 0.1) is 6.92 Å². The first-order valence-electron chi connectivity index (χ1n) is 7.97. The van der Waals surface area contributed by atoms with Crippen molar-refractivity contribution in [3.05, 3.63) is 59.2 Å². The summed E-state index contributed by atoms with van der Waals surface area (Å²) in [5.41, 5.74) is 3.52. The van der Waals surface area contributed by atoms with Crippen molar-refractivity contribution >= 4 is 29.3 Å². The smallest absolute Gasteiger partial charge is 0.251 e. The van der Waals surface area contributed by atoms with Crippen LogP contribution >= 0.6 is 11.8 Å². The zero-order valence-electron chi connectivity index (χ0n) is 13.8. The molecule has 0 aliphatic carbocycles. The highest BCUT2D eigenvalue weighted by Crippen LogP contribution is 2.31. The molecule has 0 saturated heterocycles. The van der Waals surface area contributed by atoms with Gasteiger partial charge in [0.05, 0.1) is 11.7 Å². The fourth-order valence-electron chi connectivity index (χ4n) is 2.79. The van der Waals surface area contributed by atoms with E-state index in [1.54, 1.807) is 17.8 Å². The van der Waals surface area contributed by atoms with Gasteiger partial charge in [-0.25, -0.2) is 0 Å². The Morgan fingerprint density at radius 2 is 2.04 bits per heavy atom. The van der Waals surface area contributed by atoms with Crippen LogP contribution in [0.25, 0.3) is 0 Å². The molecule has 0 unspecified atom stereocenters. The van der Waals surface area contributed by atoms with Crippen LogP contribution in [0.5, 0.6) is 0 Å². The first kappa shape index (κ1) is 16.6. The van der Waals surface area contributed by atoms with E-state index in [0.717, 1.165) is 27.5 Å². The molecule has 5 heteroatoms. The lowest BCUT2D eigenvalue weighted by Crippen LogP contribution is -2.27. The van der Waals surface area contributed by atoms with E-state index in [1.165, 1.54) is 0 Å². The molecule has 2 aromatic carbocycles. The Morgan fingerprint density at radius 1 is 1.25 bits per heavy atom. The molecule has 0 spiro atoms. The Balaban J connectivity index is 1.78. The molecule has 1 aliphatic rings. The van der Waals surface area contributed by atoms with Crippen molar-refractivity contribution in [2.24, 2.45) is 0 Å². The monoisotopic (exact) mass is 340 g/mol. The summed E-state index contributed by atoms with van der Waals surface area (Å²) in [7, 11) is 0. The molecule has 2 aromatic rings. The van der Waals surface area contributed by atoms with E-state index < -0.39 is 0 Å². The highest BCUT2D eigenvalue weighted by molar-refractivity contribution is 7.99. The molecule has 1 atom stereocenters. The van der Waals surface area contributed by atoms with Crippen LogP contribution in [0.1, 0.15) is 40.9 Å². The number of thioether (sulfide) groups is 1. The van der Waals surface area contributed by atoms with Gasteiger partial charge in [-0.15, -0.1) is 11.8 Å². The molecule has 0 saturated carbocycles. The summed E-state index contributed by atoms with van der Waals surface area (Å²) < 4.78 is 0. The van der Waals surface area contributed by atoms with Gasteiger partial charge in [-0.05, 0) is 43.2 Å². The number of hydrogen-bond acceptors (Lipinski definition) is 3. The molecule has 1 heterocycles. The summed E-state index contributed by atoms with van der Waals surface area (Å²) in [5.74, 6) is 0.610. The second kappa shape index (κ2) is 7.09. The van der Waals surface area contributed by atoms with Gasteiger partial charge >= 0.3 is 0 Å². The number of rotatable bonds is 3. The van der Waals surface area contributed by atoms with Crippen molar-refractivity contribution in [1.29, 1.82) is 0 Å². The normalized spacial score (nSPS) is 15.0. The van der Waals surface area contributed by atoms with Crippen molar-refractivity contribution < 1.29 is 9.59 Å². The van der Waals surface area contributed by atoms with Crippen molar-refractivity contribution in [3.8, 4) is 0 Å². The second-order valence-electron chi connectivity index (χ2n) is 5.91. The van der Waals surface area contributed by atoms with E-state index in [4.69, 9.17) is 0 Å². The maximum atomic E-state index is 12.6. The zero-order valence-corrected chi connectivity index (χ0v) is 14.6. The van der Waals surface area contributed by atoms with Crippen molar-refractivity contribution in [1.82, 2.24) is 5.32 Å². The Morgan fingerprint density at radius 3 is 2.83 bits per heavy atom. The average molecular weight is 340 g/mol.